The van der Waals surface area contributed by atoms with Gasteiger partial charge in [-0.25, -0.2) is 0 Å². The number of unbranched alkanes of at least 4 members (excludes halogenated alkanes) is 1. The standard InChI is InChI=1S/C14H17N3O/c1-9-7-10(2)12-11(8-9)17(6-4-3-5-15)14(18)13(12)16/h7-8,13H,3-4,6,16H2,1-2H3. The van der Waals surface area contributed by atoms with Crippen LogP contribution in [0.15, 0.2) is 12.1 Å². The van der Waals surface area contributed by atoms with Crippen LogP contribution in [0.4, 0.5) is 5.69 Å². The Balaban J connectivity index is 2.36. The molecular weight excluding hydrogens is 226 g/mol. The average Bonchev–Trinajstić information content (AvgIpc) is 2.54. The van der Waals surface area contributed by atoms with Gasteiger partial charge in [0.2, 0.25) is 5.91 Å². The highest BCUT2D eigenvalue weighted by Gasteiger charge is 2.35. The van der Waals surface area contributed by atoms with Crippen LogP contribution in [-0.2, 0) is 4.79 Å². The van der Waals surface area contributed by atoms with Gasteiger partial charge < -0.3 is 10.6 Å². The lowest BCUT2D eigenvalue weighted by atomic mass is 10.0. The zero-order valence-corrected chi connectivity index (χ0v) is 10.7. The minimum atomic E-state index is -0.553. The number of nitrogens with zero attached hydrogens (tertiary/aromatic N) is 2. The second-order valence-corrected chi connectivity index (χ2v) is 4.74. The van der Waals surface area contributed by atoms with Gasteiger partial charge in [-0.15, -0.1) is 0 Å². The second kappa shape index (κ2) is 4.79. The zero-order valence-electron chi connectivity index (χ0n) is 10.7. The first kappa shape index (κ1) is 12.6. The highest BCUT2D eigenvalue weighted by Crippen LogP contribution is 2.37. The van der Waals surface area contributed by atoms with Crippen molar-refractivity contribution in [3.63, 3.8) is 0 Å². The summed E-state index contributed by atoms with van der Waals surface area (Å²) in [7, 11) is 0. The fourth-order valence-corrected chi connectivity index (χ4v) is 2.54. The monoisotopic (exact) mass is 243 g/mol. The summed E-state index contributed by atoms with van der Waals surface area (Å²) in [5, 5.41) is 8.56. The molecule has 18 heavy (non-hydrogen) atoms. The molecule has 1 heterocycles. The maximum absolute atomic E-state index is 12.1. The third-order valence-corrected chi connectivity index (χ3v) is 3.31. The van der Waals surface area contributed by atoms with Gasteiger partial charge in [0.05, 0.1) is 6.07 Å². The molecule has 0 spiro atoms. The summed E-state index contributed by atoms with van der Waals surface area (Å²) in [6, 6.07) is 5.59. The molecule has 4 nitrogen and oxygen atoms in total. The van der Waals surface area contributed by atoms with Gasteiger partial charge in [0.15, 0.2) is 0 Å². The molecule has 1 unspecified atom stereocenters. The molecule has 0 aliphatic carbocycles. The average molecular weight is 243 g/mol. The van der Waals surface area contributed by atoms with Crippen molar-refractivity contribution in [1.29, 1.82) is 5.26 Å². The number of fused-ring (bicyclic) bond motifs is 1. The quantitative estimate of drug-likeness (QED) is 0.825. The number of aryl methyl sites for hydroxylation is 2. The molecule has 0 aromatic heterocycles. The Bertz CT molecular complexity index is 531. The van der Waals surface area contributed by atoms with Gasteiger partial charge in [-0.1, -0.05) is 6.07 Å². The van der Waals surface area contributed by atoms with Gasteiger partial charge in [-0.3, -0.25) is 4.79 Å². The third kappa shape index (κ3) is 1.98. The van der Waals surface area contributed by atoms with E-state index < -0.39 is 6.04 Å². The van der Waals surface area contributed by atoms with E-state index in [9.17, 15) is 4.79 Å². The van der Waals surface area contributed by atoms with Crippen molar-refractivity contribution < 1.29 is 4.79 Å². The number of carbonyl (C=O) groups is 1. The van der Waals surface area contributed by atoms with Gasteiger partial charge in [0.25, 0.3) is 0 Å². The van der Waals surface area contributed by atoms with Crippen LogP contribution in [0.25, 0.3) is 0 Å². The summed E-state index contributed by atoms with van der Waals surface area (Å²) >= 11 is 0. The molecule has 1 aliphatic heterocycles. The van der Waals surface area contributed by atoms with Gasteiger partial charge >= 0.3 is 0 Å². The van der Waals surface area contributed by atoms with E-state index in [1.807, 2.05) is 26.0 Å². The molecule has 94 valence electrons. The molecule has 1 amide bonds. The molecule has 0 saturated heterocycles. The predicted octanol–water partition coefficient (Wildman–Crippen LogP) is 1.95. The molecule has 0 bridgehead atoms. The number of benzene rings is 1. The molecular formula is C14H17N3O. The molecule has 0 fully saturated rings. The van der Waals surface area contributed by atoms with Crippen LogP contribution in [0.5, 0.6) is 0 Å². The highest BCUT2D eigenvalue weighted by molar-refractivity contribution is 6.05. The van der Waals surface area contributed by atoms with E-state index in [1.54, 1.807) is 4.90 Å². The fourth-order valence-electron chi connectivity index (χ4n) is 2.54. The number of carbonyl (C=O) groups excluding carboxylic acids is 1. The normalized spacial score (nSPS) is 17.8. The van der Waals surface area contributed by atoms with Crippen LogP contribution < -0.4 is 10.6 Å². The lowest BCUT2D eigenvalue weighted by Gasteiger charge is -2.17. The summed E-state index contributed by atoms with van der Waals surface area (Å²) in [5.41, 5.74) is 10.0. The molecule has 1 aromatic rings. The van der Waals surface area contributed by atoms with Crippen molar-refractivity contribution >= 4 is 11.6 Å². The summed E-state index contributed by atoms with van der Waals surface area (Å²) in [5.74, 6) is -0.0587. The summed E-state index contributed by atoms with van der Waals surface area (Å²) in [6.07, 6.45) is 1.14. The molecule has 4 heteroatoms. The number of nitriles is 1. The van der Waals surface area contributed by atoms with Gasteiger partial charge in [0.1, 0.15) is 6.04 Å². The van der Waals surface area contributed by atoms with E-state index in [0.29, 0.717) is 19.4 Å². The van der Waals surface area contributed by atoms with Gasteiger partial charge in [-0.05, 0) is 37.5 Å². The Morgan fingerprint density at radius 1 is 1.44 bits per heavy atom. The molecule has 0 saturated carbocycles. The van der Waals surface area contributed by atoms with Crippen LogP contribution in [0, 0.1) is 25.2 Å². The van der Waals surface area contributed by atoms with E-state index in [-0.39, 0.29) is 5.91 Å². The molecule has 2 rings (SSSR count). The van der Waals surface area contributed by atoms with Crippen molar-refractivity contribution in [3.05, 3.63) is 28.8 Å². The molecule has 1 aromatic carbocycles. The number of hydrogen-bond donors (Lipinski definition) is 1. The lowest BCUT2D eigenvalue weighted by Crippen LogP contribution is -2.32. The van der Waals surface area contributed by atoms with E-state index in [1.165, 1.54) is 0 Å². The predicted molar refractivity (Wildman–Crippen MR) is 70.0 cm³/mol. The molecule has 0 radical (unpaired) electrons. The van der Waals surface area contributed by atoms with Crippen LogP contribution in [0.2, 0.25) is 0 Å². The van der Waals surface area contributed by atoms with Crippen LogP contribution in [0.3, 0.4) is 0 Å². The maximum atomic E-state index is 12.1. The first-order chi connectivity index (χ1) is 8.56. The first-order valence-electron chi connectivity index (χ1n) is 6.11. The van der Waals surface area contributed by atoms with Crippen LogP contribution >= 0.6 is 0 Å². The summed E-state index contributed by atoms with van der Waals surface area (Å²) in [6.45, 7) is 4.56. The summed E-state index contributed by atoms with van der Waals surface area (Å²) < 4.78 is 0. The SMILES string of the molecule is Cc1cc(C)c2c(c1)N(CCCC#N)C(=O)C2N. The van der Waals surface area contributed by atoms with Crippen molar-refractivity contribution in [2.75, 3.05) is 11.4 Å². The van der Waals surface area contributed by atoms with Crippen molar-refractivity contribution in [3.8, 4) is 6.07 Å². The minimum Gasteiger partial charge on any atom is -0.316 e. The molecule has 2 N–H and O–H groups in total. The number of rotatable bonds is 3. The first-order valence-corrected chi connectivity index (χ1v) is 6.11. The Morgan fingerprint density at radius 2 is 2.17 bits per heavy atom. The number of hydrogen-bond acceptors (Lipinski definition) is 3. The zero-order chi connectivity index (χ0) is 13.3. The Kier molecular flexibility index (Phi) is 3.35. The van der Waals surface area contributed by atoms with Crippen LogP contribution in [0.1, 0.15) is 35.6 Å². The Morgan fingerprint density at radius 3 is 2.83 bits per heavy atom. The van der Waals surface area contributed by atoms with E-state index in [2.05, 4.69) is 6.07 Å². The number of nitrogens with two attached hydrogens (primary N) is 1. The van der Waals surface area contributed by atoms with E-state index in [4.69, 9.17) is 11.0 Å². The maximum Gasteiger partial charge on any atom is 0.248 e. The number of anilines is 1. The Hall–Kier alpha value is -1.86. The van der Waals surface area contributed by atoms with Crippen molar-refractivity contribution in [1.82, 2.24) is 0 Å². The van der Waals surface area contributed by atoms with Crippen molar-refractivity contribution in [2.24, 2.45) is 5.73 Å². The minimum absolute atomic E-state index is 0.0587. The third-order valence-electron chi connectivity index (χ3n) is 3.31. The van der Waals surface area contributed by atoms with E-state index in [0.717, 1.165) is 22.4 Å². The van der Waals surface area contributed by atoms with Crippen LogP contribution in [-0.4, -0.2) is 12.5 Å². The highest BCUT2D eigenvalue weighted by atomic mass is 16.2. The summed E-state index contributed by atoms with van der Waals surface area (Å²) in [4.78, 5) is 13.9. The van der Waals surface area contributed by atoms with Gasteiger partial charge in [0, 0.05) is 24.2 Å². The second-order valence-electron chi connectivity index (χ2n) is 4.74. The number of amides is 1. The fraction of sp³-hybridized carbons (Fsp3) is 0.429. The molecule has 1 atom stereocenters. The smallest absolute Gasteiger partial charge is 0.248 e. The van der Waals surface area contributed by atoms with E-state index >= 15 is 0 Å². The molecule has 1 aliphatic rings. The largest absolute Gasteiger partial charge is 0.316 e. The topological polar surface area (TPSA) is 70.1 Å². The van der Waals surface area contributed by atoms with Gasteiger partial charge in [-0.2, -0.15) is 5.26 Å². The van der Waals surface area contributed by atoms with Crippen molar-refractivity contribution in [2.45, 2.75) is 32.7 Å². The lowest BCUT2D eigenvalue weighted by molar-refractivity contribution is -0.119. The Labute approximate surface area is 107 Å².